The van der Waals surface area contributed by atoms with Crippen LogP contribution in [0.3, 0.4) is 0 Å². The fraction of sp³-hybridized carbons (Fsp3) is 0.160. The molecule has 162 valence electrons. The van der Waals surface area contributed by atoms with E-state index in [4.69, 9.17) is 9.15 Å². The number of furan rings is 1. The first-order valence-electron chi connectivity index (χ1n) is 10.1. The van der Waals surface area contributed by atoms with Crippen molar-refractivity contribution in [2.75, 3.05) is 11.5 Å². The van der Waals surface area contributed by atoms with Crippen LogP contribution in [0.5, 0.6) is 0 Å². The molecule has 1 aliphatic rings. The Morgan fingerprint density at radius 2 is 1.84 bits per heavy atom. The standard InChI is InChI=1S/C25H21NO6/c1-3-31-25(30)16-9-11-18(12-10-16)26-21(17-7-4-6-15(2)14-17)20(23(28)24(26)29)22(27)19-8-5-13-32-19/h4-14,21,28H,3H2,1-2H3. The van der Waals surface area contributed by atoms with Crippen LogP contribution in [0.4, 0.5) is 5.69 Å². The van der Waals surface area contributed by atoms with Crippen molar-refractivity contribution >= 4 is 23.3 Å². The molecule has 1 atom stereocenters. The van der Waals surface area contributed by atoms with Crippen molar-refractivity contribution in [2.45, 2.75) is 19.9 Å². The zero-order valence-electron chi connectivity index (χ0n) is 17.6. The summed E-state index contributed by atoms with van der Waals surface area (Å²) in [5, 5.41) is 10.7. The molecule has 1 aliphatic heterocycles. The number of nitrogens with zero attached hydrogens (tertiary/aromatic N) is 1. The predicted molar refractivity (Wildman–Crippen MR) is 116 cm³/mol. The highest BCUT2D eigenvalue weighted by atomic mass is 16.5. The van der Waals surface area contributed by atoms with Gasteiger partial charge in [0.25, 0.3) is 5.91 Å². The zero-order chi connectivity index (χ0) is 22.8. The van der Waals surface area contributed by atoms with Crippen molar-refractivity contribution in [2.24, 2.45) is 0 Å². The summed E-state index contributed by atoms with van der Waals surface area (Å²) in [6.07, 6.45) is 1.36. The van der Waals surface area contributed by atoms with E-state index in [9.17, 15) is 19.5 Å². The molecule has 0 bridgehead atoms. The molecule has 1 aromatic heterocycles. The molecule has 2 aromatic carbocycles. The Labute approximate surface area is 184 Å². The monoisotopic (exact) mass is 431 g/mol. The SMILES string of the molecule is CCOC(=O)c1ccc(N2C(=O)C(O)=C(C(=O)c3ccco3)C2c2cccc(C)c2)cc1. The summed E-state index contributed by atoms with van der Waals surface area (Å²) in [5.74, 6) is -2.37. The van der Waals surface area contributed by atoms with Crippen LogP contribution in [0.25, 0.3) is 0 Å². The van der Waals surface area contributed by atoms with E-state index in [-0.39, 0.29) is 17.9 Å². The van der Waals surface area contributed by atoms with Gasteiger partial charge in [0, 0.05) is 5.69 Å². The number of aliphatic hydroxyl groups excluding tert-OH is 1. The molecular weight excluding hydrogens is 410 g/mol. The van der Waals surface area contributed by atoms with E-state index in [1.807, 2.05) is 25.1 Å². The Hall–Kier alpha value is -4.13. The second-order valence-electron chi connectivity index (χ2n) is 7.33. The molecule has 0 radical (unpaired) electrons. The first kappa shape index (κ1) is 21.1. The minimum atomic E-state index is -0.867. The largest absolute Gasteiger partial charge is 0.503 e. The van der Waals surface area contributed by atoms with Gasteiger partial charge in [0.2, 0.25) is 5.78 Å². The summed E-state index contributed by atoms with van der Waals surface area (Å²) in [7, 11) is 0. The number of amides is 1. The van der Waals surface area contributed by atoms with Gasteiger partial charge in [-0.3, -0.25) is 14.5 Å². The van der Waals surface area contributed by atoms with Crippen molar-refractivity contribution in [3.63, 3.8) is 0 Å². The molecule has 32 heavy (non-hydrogen) atoms. The van der Waals surface area contributed by atoms with E-state index in [1.54, 1.807) is 31.2 Å². The Morgan fingerprint density at radius 3 is 2.47 bits per heavy atom. The van der Waals surface area contributed by atoms with Gasteiger partial charge < -0.3 is 14.3 Å². The van der Waals surface area contributed by atoms with E-state index in [1.165, 1.54) is 29.4 Å². The van der Waals surface area contributed by atoms with E-state index in [0.717, 1.165) is 5.56 Å². The Kier molecular flexibility index (Phi) is 5.64. The minimum Gasteiger partial charge on any atom is -0.503 e. The Morgan fingerprint density at radius 1 is 1.09 bits per heavy atom. The van der Waals surface area contributed by atoms with Crippen LogP contribution in [0.1, 0.15) is 45.0 Å². The molecule has 7 nitrogen and oxygen atoms in total. The van der Waals surface area contributed by atoms with Gasteiger partial charge in [0.05, 0.1) is 30.0 Å². The number of ketones is 1. The minimum absolute atomic E-state index is 0.0245. The number of hydrogen-bond acceptors (Lipinski definition) is 6. The zero-order valence-corrected chi connectivity index (χ0v) is 17.6. The van der Waals surface area contributed by atoms with Gasteiger partial charge in [0.1, 0.15) is 0 Å². The number of benzene rings is 2. The van der Waals surface area contributed by atoms with E-state index in [0.29, 0.717) is 16.8 Å². The van der Waals surface area contributed by atoms with E-state index < -0.39 is 29.5 Å². The number of carbonyl (C=O) groups is 3. The number of ether oxygens (including phenoxy) is 1. The molecule has 2 heterocycles. The first-order valence-corrected chi connectivity index (χ1v) is 10.1. The highest BCUT2D eigenvalue weighted by molar-refractivity contribution is 6.20. The van der Waals surface area contributed by atoms with Crippen LogP contribution in [-0.4, -0.2) is 29.4 Å². The topological polar surface area (TPSA) is 97.0 Å². The van der Waals surface area contributed by atoms with Crippen LogP contribution in [-0.2, 0) is 9.53 Å². The molecule has 1 amide bonds. The average molecular weight is 431 g/mol. The lowest BCUT2D eigenvalue weighted by atomic mass is 9.94. The van der Waals surface area contributed by atoms with E-state index in [2.05, 4.69) is 0 Å². The number of carbonyl (C=O) groups excluding carboxylic acids is 3. The third-order valence-electron chi connectivity index (χ3n) is 5.21. The van der Waals surface area contributed by atoms with Gasteiger partial charge in [0.15, 0.2) is 11.5 Å². The summed E-state index contributed by atoms with van der Waals surface area (Å²) in [5.41, 5.74) is 2.28. The van der Waals surface area contributed by atoms with Crippen molar-refractivity contribution in [3.05, 3.63) is 101 Å². The number of rotatable bonds is 6. The molecule has 1 unspecified atom stereocenters. The quantitative estimate of drug-likeness (QED) is 0.454. The van der Waals surface area contributed by atoms with Gasteiger partial charge in [-0.2, -0.15) is 0 Å². The lowest BCUT2D eigenvalue weighted by Crippen LogP contribution is -2.31. The molecule has 3 aromatic rings. The van der Waals surface area contributed by atoms with Gasteiger partial charge in [-0.05, 0) is 55.8 Å². The lowest BCUT2D eigenvalue weighted by Gasteiger charge is -2.27. The second-order valence-corrected chi connectivity index (χ2v) is 7.33. The number of aliphatic hydroxyl groups is 1. The van der Waals surface area contributed by atoms with Crippen LogP contribution < -0.4 is 4.90 Å². The highest BCUT2D eigenvalue weighted by Crippen LogP contribution is 2.42. The molecule has 0 fully saturated rings. The summed E-state index contributed by atoms with van der Waals surface area (Å²) in [6, 6.07) is 15.8. The van der Waals surface area contributed by atoms with Crippen LogP contribution >= 0.6 is 0 Å². The van der Waals surface area contributed by atoms with Crippen molar-refractivity contribution in [1.29, 1.82) is 0 Å². The van der Waals surface area contributed by atoms with E-state index >= 15 is 0 Å². The van der Waals surface area contributed by atoms with Gasteiger partial charge in [-0.15, -0.1) is 0 Å². The summed E-state index contributed by atoms with van der Waals surface area (Å²) in [4.78, 5) is 39.6. The van der Waals surface area contributed by atoms with Gasteiger partial charge >= 0.3 is 5.97 Å². The number of hydrogen-bond donors (Lipinski definition) is 1. The van der Waals surface area contributed by atoms with Crippen molar-refractivity contribution in [1.82, 2.24) is 0 Å². The summed E-state index contributed by atoms with van der Waals surface area (Å²) in [6.45, 7) is 3.86. The Balaban J connectivity index is 1.80. The average Bonchev–Trinajstić information content (AvgIpc) is 3.41. The molecule has 0 saturated heterocycles. The first-order chi connectivity index (χ1) is 15.4. The van der Waals surface area contributed by atoms with Crippen LogP contribution in [0.2, 0.25) is 0 Å². The summed E-state index contributed by atoms with van der Waals surface area (Å²) >= 11 is 0. The van der Waals surface area contributed by atoms with Crippen molar-refractivity contribution < 1.29 is 28.6 Å². The van der Waals surface area contributed by atoms with Crippen molar-refractivity contribution in [3.8, 4) is 0 Å². The summed E-state index contributed by atoms with van der Waals surface area (Å²) < 4.78 is 10.2. The van der Waals surface area contributed by atoms with Crippen LogP contribution in [0.15, 0.2) is 82.7 Å². The molecule has 1 N–H and O–H groups in total. The maximum Gasteiger partial charge on any atom is 0.338 e. The molecule has 0 saturated carbocycles. The maximum absolute atomic E-state index is 13.2. The third-order valence-corrected chi connectivity index (χ3v) is 5.21. The fourth-order valence-corrected chi connectivity index (χ4v) is 3.77. The van der Waals surface area contributed by atoms with Crippen LogP contribution in [0, 0.1) is 6.92 Å². The number of esters is 1. The molecule has 7 heteroatoms. The second kappa shape index (κ2) is 8.55. The number of anilines is 1. The van der Waals surface area contributed by atoms with Gasteiger partial charge in [-0.1, -0.05) is 29.8 Å². The fourth-order valence-electron chi connectivity index (χ4n) is 3.77. The lowest BCUT2D eigenvalue weighted by molar-refractivity contribution is -0.117. The molecule has 0 aliphatic carbocycles. The molecule has 4 rings (SSSR count). The number of aryl methyl sites for hydroxylation is 1. The van der Waals surface area contributed by atoms with Gasteiger partial charge in [-0.25, -0.2) is 4.79 Å². The normalized spacial score (nSPS) is 15.9. The predicted octanol–water partition coefficient (Wildman–Crippen LogP) is 4.55. The molecule has 0 spiro atoms. The smallest absolute Gasteiger partial charge is 0.338 e. The maximum atomic E-state index is 13.2. The number of Topliss-reactive ketones (excluding diaryl/α,β-unsaturated/α-hetero) is 1. The molecular formula is C25H21NO6. The Bertz CT molecular complexity index is 1210. The highest BCUT2D eigenvalue weighted by Gasteiger charge is 2.45. The third kappa shape index (κ3) is 3.69.